The van der Waals surface area contributed by atoms with Gasteiger partial charge in [0.1, 0.15) is 0 Å². The van der Waals surface area contributed by atoms with E-state index >= 15 is 0 Å². The van der Waals surface area contributed by atoms with E-state index in [1.807, 2.05) is 18.2 Å². The first kappa shape index (κ1) is 26.8. The second-order valence-electron chi connectivity index (χ2n) is 9.42. The van der Waals surface area contributed by atoms with Gasteiger partial charge in [-0.15, -0.1) is 0 Å². The van der Waals surface area contributed by atoms with Crippen molar-refractivity contribution in [3.8, 4) is 33.4 Å². The molecular weight excluding hydrogens is 686 g/mol. The SMILES string of the molecule is Brc1ccccc1-c1ccc(N(c2ccc(-c3ccccc3Br)cc2)c2ccc(-c3ccccc3Br)cc2)cc1. The molecule has 6 aromatic rings. The molecule has 0 heterocycles. The summed E-state index contributed by atoms with van der Waals surface area (Å²) < 4.78 is 3.26. The van der Waals surface area contributed by atoms with Crippen molar-refractivity contribution < 1.29 is 0 Å². The van der Waals surface area contributed by atoms with Crippen LogP contribution in [0.3, 0.4) is 0 Å². The fraction of sp³-hybridized carbons (Fsp3) is 0. The maximum atomic E-state index is 3.70. The quantitative estimate of drug-likeness (QED) is 0.166. The van der Waals surface area contributed by atoms with Crippen molar-refractivity contribution in [3.05, 3.63) is 159 Å². The number of hydrogen-bond acceptors (Lipinski definition) is 1. The molecule has 1 nitrogen and oxygen atoms in total. The van der Waals surface area contributed by atoms with E-state index in [0.717, 1.165) is 30.5 Å². The van der Waals surface area contributed by atoms with Crippen LogP contribution in [0.5, 0.6) is 0 Å². The lowest BCUT2D eigenvalue weighted by Crippen LogP contribution is -2.09. The lowest BCUT2D eigenvalue weighted by atomic mass is 10.0. The third-order valence-corrected chi connectivity index (χ3v) is 9.01. The smallest absolute Gasteiger partial charge is 0.0462 e. The molecule has 6 aromatic carbocycles. The standard InChI is InChI=1S/C36H24Br3N/c37-34-10-4-1-7-31(34)25-13-19-28(20-14-25)40(29-21-15-26(16-22-29)32-8-2-5-11-35(32)38)30-23-17-27(18-24-30)33-9-3-6-12-36(33)39/h1-24H. The highest BCUT2D eigenvalue weighted by molar-refractivity contribution is 9.11. The van der Waals surface area contributed by atoms with Crippen molar-refractivity contribution in [2.75, 3.05) is 4.90 Å². The van der Waals surface area contributed by atoms with Crippen molar-refractivity contribution in [1.82, 2.24) is 0 Å². The Hall–Kier alpha value is -3.44. The molecule has 0 saturated heterocycles. The molecule has 6 rings (SSSR count). The summed E-state index contributed by atoms with van der Waals surface area (Å²) >= 11 is 11.1. The summed E-state index contributed by atoms with van der Waals surface area (Å²) in [6.45, 7) is 0. The molecule has 0 spiro atoms. The van der Waals surface area contributed by atoms with Gasteiger partial charge in [-0.2, -0.15) is 0 Å². The second kappa shape index (κ2) is 12.0. The zero-order chi connectivity index (χ0) is 27.5. The molecule has 0 fully saturated rings. The Morgan fingerprint density at radius 1 is 0.300 bits per heavy atom. The van der Waals surface area contributed by atoms with Gasteiger partial charge in [-0.25, -0.2) is 0 Å². The van der Waals surface area contributed by atoms with Crippen LogP contribution in [0, 0.1) is 0 Å². The molecule has 0 unspecified atom stereocenters. The predicted molar refractivity (Wildman–Crippen MR) is 181 cm³/mol. The predicted octanol–water partition coefficient (Wildman–Crippen LogP) is 12.4. The largest absolute Gasteiger partial charge is 0.311 e. The van der Waals surface area contributed by atoms with Gasteiger partial charge in [0.2, 0.25) is 0 Å². The molecule has 0 aliphatic heterocycles. The highest BCUT2D eigenvalue weighted by Gasteiger charge is 2.15. The van der Waals surface area contributed by atoms with Crippen molar-refractivity contribution in [3.63, 3.8) is 0 Å². The van der Waals surface area contributed by atoms with Gasteiger partial charge in [0.25, 0.3) is 0 Å². The van der Waals surface area contributed by atoms with Crippen molar-refractivity contribution in [1.29, 1.82) is 0 Å². The molecule has 0 aromatic heterocycles. The van der Waals surface area contributed by atoms with Crippen LogP contribution in [0.1, 0.15) is 0 Å². The molecule has 0 amide bonds. The van der Waals surface area contributed by atoms with Crippen molar-refractivity contribution >= 4 is 64.9 Å². The first-order valence-corrected chi connectivity index (χ1v) is 15.3. The maximum absolute atomic E-state index is 3.70. The minimum Gasteiger partial charge on any atom is -0.311 e. The Labute approximate surface area is 260 Å². The first-order valence-electron chi connectivity index (χ1n) is 12.9. The van der Waals surface area contributed by atoms with Gasteiger partial charge in [0.05, 0.1) is 0 Å². The van der Waals surface area contributed by atoms with E-state index in [1.54, 1.807) is 0 Å². The Morgan fingerprint density at radius 2 is 0.550 bits per heavy atom. The van der Waals surface area contributed by atoms with Crippen molar-refractivity contribution in [2.24, 2.45) is 0 Å². The summed E-state index contributed by atoms with van der Waals surface area (Å²) in [7, 11) is 0. The van der Waals surface area contributed by atoms with E-state index in [-0.39, 0.29) is 0 Å². The van der Waals surface area contributed by atoms with E-state index < -0.39 is 0 Å². The lowest BCUT2D eigenvalue weighted by Gasteiger charge is -2.26. The van der Waals surface area contributed by atoms with E-state index in [2.05, 4.69) is 180 Å². The van der Waals surface area contributed by atoms with E-state index in [4.69, 9.17) is 0 Å². The minimum atomic E-state index is 1.09. The number of benzene rings is 6. The average Bonchev–Trinajstić information content (AvgIpc) is 2.99. The topological polar surface area (TPSA) is 3.24 Å². The molecule has 0 atom stereocenters. The fourth-order valence-electron chi connectivity index (χ4n) is 4.90. The summed E-state index contributed by atoms with van der Waals surface area (Å²) in [5.41, 5.74) is 10.3. The van der Waals surface area contributed by atoms with Crippen LogP contribution < -0.4 is 4.90 Å². The fourth-order valence-corrected chi connectivity index (χ4v) is 6.44. The molecule has 0 saturated carbocycles. The number of rotatable bonds is 6. The second-order valence-corrected chi connectivity index (χ2v) is 12.0. The zero-order valence-electron chi connectivity index (χ0n) is 21.4. The normalized spacial score (nSPS) is 10.9. The van der Waals surface area contributed by atoms with Crippen LogP contribution in [-0.2, 0) is 0 Å². The lowest BCUT2D eigenvalue weighted by molar-refractivity contribution is 1.28. The van der Waals surface area contributed by atoms with Gasteiger partial charge in [-0.05, 0) is 88.0 Å². The minimum absolute atomic E-state index is 1.09. The highest BCUT2D eigenvalue weighted by Crippen LogP contribution is 2.39. The maximum Gasteiger partial charge on any atom is 0.0462 e. The van der Waals surface area contributed by atoms with Crippen LogP contribution in [0.15, 0.2) is 159 Å². The van der Waals surface area contributed by atoms with Gasteiger partial charge in [0.15, 0.2) is 0 Å². The zero-order valence-corrected chi connectivity index (χ0v) is 26.2. The molecular formula is C36H24Br3N. The number of anilines is 3. The van der Waals surface area contributed by atoms with Crippen LogP contribution >= 0.6 is 47.8 Å². The summed E-state index contributed by atoms with van der Waals surface area (Å²) in [5, 5.41) is 0. The third kappa shape index (κ3) is 5.57. The van der Waals surface area contributed by atoms with Gasteiger partial charge in [-0.3, -0.25) is 0 Å². The first-order chi connectivity index (χ1) is 19.6. The van der Waals surface area contributed by atoms with Gasteiger partial charge >= 0.3 is 0 Å². The monoisotopic (exact) mass is 707 g/mol. The number of halogens is 3. The summed E-state index contributed by atoms with van der Waals surface area (Å²) in [6.07, 6.45) is 0. The van der Waals surface area contributed by atoms with Gasteiger partial charge < -0.3 is 4.90 Å². The van der Waals surface area contributed by atoms with E-state index in [0.29, 0.717) is 0 Å². The highest BCUT2D eigenvalue weighted by atomic mass is 79.9. The van der Waals surface area contributed by atoms with Crippen molar-refractivity contribution in [2.45, 2.75) is 0 Å². The number of nitrogens with zero attached hydrogens (tertiary/aromatic N) is 1. The average molecular weight is 710 g/mol. The molecule has 194 valence electrons. The Kier molecular flexibility index (Phi) is 8.01. The van der Waals surface area contributed by atoms with E-state index in [1.165, 1.54) is 33.4 Å². The van der Waals surface area contributed by atoms with Gasteiger partial charge in [-0.1, -0.05) is 139 Å². The molecule has 0 aliphatic rings. The summed E-state index contributed by atoms with van der Waals surface area (Å²) in [4.78, 5) is 2.30. The third-order valence-electron chi connectivity index (χ3n) is 6.93. The summed E-state index contributed by atoms with van der Waals surface area (Å²) in [6, 6.07) is 51.3. The van der Waals surface area contributed by atoms with Gasteiger partial charge in [0, 0.05) is 30.5 Å². The van der Waals surface area contributed by atoms with Crippen LogP contribution in [-0.4, -0.2) is 0 Å². The summed E-state index contributed by atoms with van der Waals surface area (Å²) in [5.74, 6) is 0. The Bertz CT molecular complexity index is 1550. The van der Waals surface area contributed by atoms with Crippen LogP contribution in [0.4, 0.5) is 17.1 Å². The van der Waals surface area contributed by atoms with Crippen LogP contribution in [0.2, 0.25) is 0 Å². The number of hydrogen-bond donors (Lipinski definition) is 0. The molecule has 0 radical (unpaired) electrons. The Balaban J connectivity index is 1.41. The van der Waals surface area contributed by atoms with Crippen LogP contribution in [0.25, 0.3) is 33.4 Å². The molecule has 4 heteroatoms. The molecule has 0 bridgehead atoms. The Morgan fingerprint density at radius 3 is 0.800 bits per heavy atom. The van der Waals surface area contributed by atoms with E-state index in [9.17, 15) is 0 Å². The molecule has 40 heavy (non-hydrogen) atoms. The molecule has 0 N–H and O–H groups in total. The molecule has 0 aliphatic carbocycles.